The summed E-state index contributed by atoms with van der Waals surface area (Å²) >= 11 is 0. The molecule has 5 aromatic carbocycles. The largest absolute Gasteiger partial charge is 0.407 e. The van der Waals surface area contributed by atoms with Gasteiger partial charge in [0.25, 0.3) is 0 Å². The second-order valence-corrected chi connectivity index (χ2v) is 16.4. The van der Waals surface area contributed by atoms with E-state index in [0.29, 0.717) is 11.8 Å². The van der Waals surface area contributed by atoms with Gasteiger partial charge >= 0.3 is 8.16 Å². The molecule has 1 heterocycles. The fraction of sp³-hybridized carbons (Fsp3) is 0.292. The van der Waals surface area contributed by atoms with Crippen LogP contribution in [-0.4, -0.2) is 0 Å². The molecule has 6 aromatic rings. The van der Waals surface area contributed by atoms with Crippen molar-refractivity contribution in [3.05, 3.63) is 173 Å². The van der Waals surface area contributed by atoms with Gasteiger partial charge in [0.2, 0.25) is 0 Å². The lowest BCUT2D eigenvalue weighted by atomic mass is 9.68. The second kappa shape index (κ2) is 14.5. The Morgan fingerprint density at radius 2 is 1.21 bits per heavy atom. The molecule has 0 radical (unpaired) electrons. The van der Waals surface area contributed by atoms with E-state index in [2.05, 4.69) is 152 Å². The van der Waals surface area contributed by atoms with Gasteiger partial charge in [-0.2, -0.15) is 4.67 Å². The minimum absolute atomic E-state index is 0.0288. The molecule has 0 N–H and O–H groups in total. The Morgan fingerprint density at radius 1 is 0.635 bits per heavy atom. The first-order valence-corrected chi connectivity index (χ1v) is 20.6. The van der Waals surface area contributed by atoms with E-state index in [1.807, 2.05) is 0 Å². The molecule has 0 amide bonds. The number of benzene rings is 5. The molecule has 0 saturated heterocycles. The van der Waals surface area contributed by atoms with Gasteiger partial charge in [-0.3, -0.25) is 0 Å². The smallest absolute Gasteiger partial charge is 0.310 e. The highest BCUT2D eigenvalue weighted by Gasteiger charge is 2.38. The molecule has 5 atom stereocenters. The summed E-state index contributed by atoms with van der Waals surface area (Å²) in [6.45, 7) is 4.64. The van der Waals surface area contributed by atoms with Crippen LogP contribution < -0.4 is 4.67 Å². The lowest BCUT2D eigenvalue weighted by molar-refractivity contribution is 0.354. The molecule has 9 rings (SSSR count). The highest BCUT2D eigenvalue weighted by atomic mass is 31.1. The van der Waals surface area contributed by atoms with Gasteiger partial charge < -0.3 is 8.39 Å². The summed E-state index contributed by atoms with van der Waals surface area (Å²) in [6, 6.07) is 46.3. The van der Waals surface area contributed by atoms with Crippen molar-refractivity contribution in [2.45, 2.75) is 83.2 Å². The van der Waals surface area contributed by atoms with Gasteiger partial charge in [0.15, 0.2) is 5.58 Å². The summed E-state index contributed by atoms with van der Waals surface area (Å²) in [4.78, 5) is 0. The molecule has 3 unspecified atom stereocenters. The van der Waals surface area contributed by atoms with Crippen LogP contribution in [0.1, 0.15) is 110 Å². The minimum atomic E-state index is -1.64. The average Bonchev–Trinajstić information content (AvgIpc) is 3.39. The maximum absolute atomic E-state index is 7.72. The molecule has 1 saturated carbocycles. The van der Waals surface area contributed by atoms with Gasteiger partial charge in [-0.05, 0) is 104 Å². The molecule has 0 bridgehead atoms. The van der Waals surface area contributed by atoms with E-state index >= 15 is 0 Å². The van der Waals surface area contributed by atoms with E-state index < -0.39 is 8.16 Å². The van der Waals surface area contributed by atoms with Crippen LogP contribution in [-0.2, 0) is 12.8 Å². The predicted octanol–water partition coefficient (Wildman–Crippen LogP) is 13.9. The summed E-state index contributed by atoms with van der Waals surface area (Å²) < 4.78 is 18.0. The van der Waals surface area contributed by atoms with Crippen LogP contribution in [0.5, 0.6) is 0 Å². The fourth-order valence-electron chi connectivity index (χ4n) is 9.32. The zero-order chi connectivity index (χ0) is 35.0. The highest BCUT2D eigenvalue weighted by molar-refractivity contribution is 7.38. The molecular weight excluding hydrogens is 654 g/mol. The topological polar surface area (TPSA) is 29.5 Å². The number of hydrogen-bond donors (Lipinski definition) is 0. The lowest BCUT2D eigenvalue weighted by Gasteiger charge is -2.36. The molecule has 1 fully saturated rings. The Balaban J connectivity index is 1.43. The van der Waals surface area contributed by atoms with E-state index in [1.165, 1.54) is 94.0 Å². The predicted molar refractivity (Wildman–Crippen MR) is 217 cm³/mol. The van der Waals surface area contributed by atoms with Gasteiger partial charge in [0.05, 0.1) is 0 Å². The van der Waals surface area contributed by atoms with Crippen molar-refractivity contribution in [2.75, 3.05) is 4.67 Å². The van der Waals surface area contributed by atoms with Crippen molar-refractivity contribution in [3.8, 4) is 11.1 Å². The summed E-state index contributed by atoms with van der Waals surface area (Å²) in [5, 5.41) is 1.34. The average molecular weight is 702 g/mol. The number of allylic oxidation sites excluding steroid dienone is 1. The maximum atomic E-state index is 7.72. The van der Waals surface area contributed by atoms with Crippen LogP contribution in [0, 0.1) is 5.92 Å². The Labute approximate surface area is 309 Å². The monoisotopic (exact) mass is 701 g/mol. The molecule has 3 aliphatic rings. The van der Waals surface area contributed by atoms with Crippen LogP contribution in [0.15, 0.2) is 142 Å². The Bertz CT molecular complexity index is 2200. The quantitative estimate of drug-likeness (QED) is 0.166. The SMILES string of the molecule is C[C@H](c1ccccc1)N([C@H](C)c1ccccc1)p1oc2c(c3c4c(cc(-c5ccccc5)c3o1)CCCC4)C1CCCCC1C=C2c1ccccc1. The Kier molecular flexibility index (Phi) is 9.25. The second-order valence-electron chi connectivity index (χ2n) is 15.1. The van der Waals surface area contributed by atoms with Crippen molar-refractivity contribution < 1.29 is 8.39 Å². The molecule has 3 nitrogen and oxygen atoms in total. The molecule has 52 heavy (non-hydrogen) atoms. The Hall–Kier alpha value is -4.56. The zero-order valence-electron chi connectivity index (χ0n) is 30.4. The standard InChI is InChI=1S/C48H48NO2P/c1-33(35-19-7-3-8-20-35)49(34(2)36-21-9-4-10-22-36)52-50-47-43(37-23-11-5-12-24-37)31-39-27-15-17-29-41(39)45(47)46-42-30-18-16-28-40(42)32-44(48(46)51-52)38-25-13-6-14-26-38/h3-14,19-26,31-34,39,41H,15-18,27-30H2,1-2H3/t33-,34-,39?,41?,52?/m1/s1. The van der Waals surface area contributed by atoms with E-state index in [0.717, 1.165) is 24.2 Å². The molecule has 1 aromatic heterocycles. The highest BCUT2D eigenvalue weighted by Crippen LogP contribution is 2.55. The number of nitrogens with zero attached hydrogens (tertiary/aromatic N) is 1. The van der Waals surface area contributed by atoms with Gasteiger partial charge in [-0.1, -0.05) is 140 Å². The van der Waals surface area contributed by atoms with Crippen LogP contribution in [0.2, 0.25) is 0 Å². The molecule has 0 aliphatic heterocycles. The first-order chi connectivity index (χ1) is 25.7. The third-order valence-electron chi connectivity index (χ3n) is 12.0. The summed E-state index contributed by atoms with van der Waals surface area (Å²) in [5.74, 6) is 1.92. The molecule has 0 spiro atoms. The first kappa shape index (κ1) is 33.3. The minimum Gasteiger partial charge on any atom is -0.407 e. The van der Waals surface area contributed by atoms with Crippen molar-refractivity contribution in [1.82, 2.24) is 0 Å². The van der Waals surface area contributed by atoms with Gasteiger partial charge in [-0.25, -0.2) is 0 Å². The number of hydrogen-bond acceptors (Lipinski definition) is 3. The third-order valence-corrected chi connectivity index (χ3v) is 13.7. The van der Waals surface area contributed by atoms with Crippen molar-refractivity contribution in [1.29, 1.82) is 0 Å². The van der Waals surface area contributed by atoms with Crippen LogP contribution >= 0.6 is 8.16 Å². The van der Waals surface area contributed by atoms with E-state index in [4.69, 9.17) is 8.39 Å². The summed E-state index contributed by atoms with van der Waals surface area (Å²) in [5.41, 5.74) is 12.8. The summed E-state index contributed by atoms with van der Waals surface area (Å²) in [6.07, 6.45) is 12.1. The zero-order valence-corrected chi connectivity index (χ0v) is 31.3. The van der Waals surface area contributed by atoms with Crippen molar-refractivity contribution in [2.24, 2.45) is 5.92 Å². The Morgan fingerprint density at radius 3 is 1.87 bits per heavy atom. The summed E-state index contributed by atoms with van der Waals surface area (Å²) in [7, 11) is -1.64. The van der Waals surface area contributed by atoms with Crippen LogP contribution in [0.4, 0.5) is 0 Å². The normalized spacial score (nSPS) is 19.6. The van der Waals surface area contributed by atoms with E-state index in [-0.39, 0.29) is 12.1 Å². The van der Waals surface area contributed by atoms with Gasteiger partial charge in [-0.15, -0.1) is 0 Å². The van der Waals surface area contributed by atoms with Crippen molar-refractivity contribution in [3.63, 3.8) is 0 Å². The van der Waals surface area contributed by atoms with Crippen LogP contribution in [0.3, 0.4) is 0 Å². The number of rotatable bonds is 7. The van der Waals surface area contributed by atoms with Crippen LogP contribution in [0.25, 0.3) is 27.7 Å². The molecule has 3 aliphatic carbocycles. The third kappa shape index (κ3) is 6.09. The molecule has 262 valence electrons. The lowest BCUT2D eigenvalue weighted by Crippen LogP contribution is -2.27. The molecular formula is C48H48NO2P. The first-order valence-electron chi connectivity index (χ1n) is 19.5. The fourth-order valence-corrected chi connectivity index (χ4v) is 11.1. The molecule has 4 heteroatoms. The number of fused-ring (bicyclic) bond motifs is 7. The van der Waals surface area contributed by atoms with Gasteiger partial charge in [0, 0.05) is 34.2 Å². The maximum Gasteiger partial charge on any atom is 0.310 e. The van der Waals surface area contributed by atoms with Crippen molar-refractivity contribution >= 4 is 24.7 Å². The van der Waals surface area contributed by atoms with E-state index in [1.54, 1.807) is 0 Å². The van der Waals surface area contributed by atoms with Gasteiger partial charge in [0.1, 0.15) is 5.76 Å². The number of aryl methyl sites for hydroxylation is 2. The van der Waals surface area contributed by atoms with E-state index in [9.17, 15) is 0 Å².